The number of amides is 2. The Balaban J connectivity index is 1.65. The Bertz CT molecular complexity index is 1620. The molecule has 0 bridgehead atoms. The van der Waals surface area contributed by atoms with E-state index in [4.69, 9.17) is 11.6 Å². The maximum atomic E-state index is 14.0. The van der Waals surface area contributed by atoms with E-state index in [1.54, 1.807) is 0 Å². The molecule has 0 fully saturated rings. The van der Waals surface area contributed by atoms with Crippen LogP contribution >= 0.6 is 11.6 Å². The zero-order chi connectivity index (χ0) is 27.4. The van der Waals surface area contributed by atoms with E-state index >= 15 is 0 Å². The number of halogens is 7. The van der Waals surface area contributed by atoms with E-state index < -0.39 is 52.6 Å². The molecule has 5 rings (SSSR count). The van der Waals surface area contributed by atoms with Crippen molar-refractivity contribution in [2.75, 3.05) is 5.32 Å². The molecular formula is C24H12ClF6N5O2. The molecule has 2 amide bonds. The van der Waals surface area contributed by atoms with Gasteiger partial charge < -0.3 is 10.6 Å². The van der Waals surface area contributed by atoms with Gasteiger partial charge in [-0.15, -0.1) is 0 Å². The summed E-state index contributed by atoms with van der Waals surface area (Å²) in [6, 6.07) is 4.70. The van der Waals surface area contributed by atoms with Gasteiger partial charge in [0.1, 0.15) is 17.3 Å². The number of hydrogen-bond acceptors (Lipinski definition) is 4. The number of alkyl halides is 3. The van der Waals surface area contributed by atoms with E-state index in [2.05, 4.69) is 20.7 Å². The molecule has 2 N–H and O–H groups in total. The van der Waals surface area contributed by atoms with Gasteiger partial charge in [-0.2, -0.15) is 18.3 Å². The van der Waals surface area contributed by atoms with Crippen LogP contribution in [-0.4, -0.2) is 26.6 Å². The lowest BCUT2D eigenvalue weighted by atomic mass is 9.98. The van der Waals surface area contributed by atoms with E-state index in [0.717, 1.165) is 29.2 Å². The van der Waals surface area contributed by atoms with Crippen molar-refractivity contribution < 1.29 is 35.9 Å². The third kappa shape index (κ3) is 4.67. The van der Waals surface area contributed by atoms with Crippen LogP contribution < -0.4 is 10.6 Å². The van der Waals surface area contributed by atoms with Crippen molar-refractivity contribution in [2.45, 2.75) is 12.2 Å². The Morgan fingerprint density at radius 2 is 1.79 bits per heavy atom. The minimum absolute atomic E-state index is 0.000300. The second-order valence-corrected chi connectivity index (χ2v) is 8.55. The highest BCUT2D eigenvalue weighted by atomic mass is 35.5. The average molecular weight is 552 g/mol. The maximum Gasteiger partial charge on any atom is 0.416 e. The van der Waals surface area contributed by atoms with E-state index in [1.807, 2.05) is 0 Å². The van der Waals surface area contributed by atoms with Gasteiger partial charge in [-0.1, -0.05) is 11.6 Å². The molecule has 1 atom stereocenters. The topological polar surface area (TPSA) is 88.9 Å². The first-order chi connectivity index (χ1) is 17.9. The zero-order valence-electron chi connectivity index (χ0n) is 18.6. The number of hydrogen-bond donors (Lipinski definition) is 2. The fourth-order valence-corrected chi connectivity index (χ4v) is 4.20. The molecule has 3 heterocycles. The summed E-state index contributed by atoms with van der Waals surface area (Å²) < 4.78 is 82.1. The quantitative estimate of drug-likeness (QED) is 0.331. The molecular weight excluding hydrogens is 540 g/mol. The van der Waals surface area contributed by atoms with Crippen LogP contribution in [0.25, 0.3) is 5.82 Å². The van der Waals surface area contributed by atoms with Crippen molar-refractivity contribution in [1.82, 2.24) is 20.1 Å². The van der Waals surface area contributed by atoms with E-state index in [9.17, 15) is 35.9 Å². The largest absolute Gasteiger partial charge is 0.416 e. The minimum atomic E-state index is -4.93. The van der Waals surface area contributed by atoms with Crippen LogP contribution in [0.2, 0.25) is 5.02 Å². The van der Waals surface area contributed by atoms with Crippen LogP contribution in [0.4, 0.5) is 32.0 Å². The van der Waals surface area contributed by atoms with E-state index in [0.29, 0.717) is 12.1 Å². The molecule has 14 heteroatoms. The second kappa shape index (κ2) is 9.17. The Kier molecular flexibility index (Phi) is 6.10. The number of carbonyl (C=O) groups excluding carboxylic acids is 2. The van der Waals surface area contributed by atoms with Crippen molar-refractivity contribution in [2.24, 2.45) is 0 Å². The van der Waals surface area contributed by atoms with Gasteiger partial charge in [0.25, 0.3) is 11.8 Å². The van der Waals surface area contributed by atoms with Gasteiger partial charge in [-0.05, 0) is 36.4 Å². The van der Waals surface area contributed by atoms with Crippen LogP contribution in [0.1, 0.15) is 43.6 Å². The Morgan fingerprint density at radius 3 is 2.47 bits per heavy atom. The van der Waals surface area contributed by atoms with Crippen molar-refractivity contribution in [1.29, 1.82) is 0 Å². The molecule has 2 aromatic carbocycles. The molecule has 38 heavy (non-hydrogen) atoms. The highest BCUT2D eigenvalue weighted by molar-refractivity contribution is 6.31. The molecule has 1 aliphatic heterocycles. The molecule has 4 aromatic rings. The average Bonchev–Trinajstić information content (AvgIpc) is 3.43. The first-order valence-electron chi connectivity index (χ1n) is 10.6. The first kappa shape index (κ1) is 25.3. The summed E-state index contributed by atoms with van der Waals surface area (Å²) in [6.45, 7) is 0. The Labute approximate surface area is 214 Å². The monoisotopic (exact) mass is 551 g/mol. The standard InChI is InChI=1S/C24H12ClF6N5O2/c25-16-2-1-12(26)6-15(16)20-19-17(33-22(37)10-3-11(24(29,30)31)5-13(27)4-10)7-18(34-21(19)23(38)35-20)36-9-14(28)8-32-36/h1-9,20H,(H,35,38)(H,33,34,37). The van der Waals surface area contributed by atoms with Crippen molar-refractivity contribution in [3.05, 3.63) is 105 Å². The first-order valence-corrected chi connectivity index (χ1v) is 11.0. The summed E-state index contributed by atoms with van der Waals surface area (Å²) in [5, 5.41) is 8.73. The highest BCUT2D eigenvalue weighted by Crippen LogP contribution is 2.40. The summed E-state index contributed by atoms with van der Waals surface area (Å²) >= 11 is 6.22. The normalized spacial score (nSPS) is 14.8. The van der Waals surface area contributed by atoms with Crippen molar-refractivity contribution >= 4 is 29.1 Å². The van der Waals surface area contributed by atoms with E-state index in [-0.39, 0.29) is 39.4 Å². The Morgan fingerprint density at radius 1 is 1.03 bits per heavy atom. The zero-order valence-corrected chi connectivity index (χ0v) is 19.3. The van der Waals surface area contributed by atoms with Crippen molar-refractivity contribution in [3.63, 3.8) is 0 Å². The smallest absolute Gasteiger partial charge is 0.340 e. The number of carbonyl (C=O) groups is 2. The third-order valence-corrected chi connectivity index (χ3v) is 5.96. The number of pyridine rings is 1. The van der Waals surface area contributed by atoms with Gasteiger partial charge in [0, 0.05) is 27.8 Å². The van der Waals surface area contributed by atoms with Crippen LogP contribution in [0.15, 0.2) is 54.9 Å². The SMILES string of the molecule is O=C(Nc1cc(-n2cc(F)cn2)nc2c1C(c1cc(F)ccc1Cl)NC2=O)c1cc(F)cc(C(F)(F)F)c1. The number of anilines is 1. The number of aromatic nitrogens is 3. The predicted molar refractivity (Wildman–Crippen MR) is 121 cm³/mol. The van der Waals surface area contributed by atoms with Gasteiger partial charge in [0.15, 0.2) is 11.6 Å². The molecule has 1 aliphatic rings. The maximum absolute atomic E-state index is 14.0. The number of nitrogens with zero attached hydrogens (tertiary/aromatic N) is 3. The molecule has 0 radical (unpaired) electrons. The molecule has 7 nitrogen and oxygen atoms in total. The van der Waals surface area contributed by atoms with Gasteiger partial charge in [-0.3, -0.25) is 9.59 Å². The number of nitrogens with one attached hydrogen (secondary N) is 2. The lowest BCUT2D eigenvalue weighted by molar-refractivity contribution is -0.137. The van der Waals surface area contributed by atoms with Gasteiger partial charge >= 0.3 is 6.18 Å². The predicted octanol–water partition coefficient (Wildman–Crippen LogP) is 5.44. The molecule has 0 saturated heterocycles. The third-order valence-electron chi connectivity index (χ3n) is 5.61. The summed E-state index contributed by atoms with van der Waals surface area (Å²) in [5.41, 5.74) is -2.41. The lowest BCUT2D eigenvalue weighted by Crippen LogP contribution is -2.21. The molecule has 2 aromatic heterocycles. The van der Waals surface area contributed by atoms with Crippen LogP contribution in [-0.2, 0) is 6.18 Å². The summed E-state index contributed by atoms with van der Waals surface area (Å²) in [5.74, 6) is -4.80. The van der Waals surface area contributed by atoms with Gasteiger partial charge in [0.05, 0.1) is 29.7 Å². The number of benzene rings is 2. The molecule has 1 unspecified atom stereocenters. The second-order valence-electron chi connectivity index (χ2n) is 8.15. The Hall–Kier alpha value is -4.39. The minimum Gasteiger partial charge on any atom is -0.340 e. The molecule has 0 saturated carbocycles. The molecule has 0 spiro atoms. The van der Waals surface area contributed by atoms with Gasteiger partial charge in [0.2, 0.25) is 0 Å². The van der Waals surface area contributed by atoms with Crippen molar-refractivity contribution in [3.8, 4) is 5.82 Å². The lowest BCUT2D eigenvalue weighted by Gasteiger charge is -2.18. The fraction of sp³-hybridized carbons (Fsp3) is 0.0833. The van der Waals surface area contributed by atoms with Crippen LogP contribution in [0.3, 0.4) is 0 Å². The molecule has 194 valence electrons. The van der Waals surface area contributed by atoms with E-state index in [1.165, 1.54) is 12.1 Å². The van der Waals surface area contributed by atoms with Crippen LogP contribution in [0, 0.1) is 17.5 Å². The number of rotatable bonds is 4. The summed E-state index contributed by atoms with van der Waals surface area (Å²) in [6.07, 6.45) is -3.15. The summed E-state index contributed by atoms with van der Waals surface area (Å²) in [4.78, 5) is 30.0. The highest BCUT2D eigenvalue weighted by Gasteiger charge is 2.37. The summed E-state index contributed by atoms with van der Waals surface area (Å²) in [7, 11) is 0. The molecule has 0 aliphatic carbocycles. The van der Waals surface area contributed by atoms with Gasteiger partial charge in [-0.25, -0.2) is 22.8 Å². The number of fused-ring (bicyclic) bond motifs is 1. The van der Waals surface area contributed by atoms with Crippen LogP contribution in [0.5, 0.6) is 0 Å². The fourth-order valence-electron chi connectivity index (χ4n) is 3.97.